The fourth-order valence-corrected chi connectivity index (χ4v) is 12.3. The number of methoxy groups -OCH3 is 2. The highest BCUT2D eigenvalue weighted by molar-refractivity contribution is 7.99. The summed E-state index contributed by atoms with van der Waals surface area (Å²) in [6, 6.07) is -2.49. The summed E-state index contributed by atoms with van der Waals surface area (Å²) in [7, 11) is 2.51. The largest absolute Gasteiger partial charge is 0.463 e. The molecule has 0 unspecified atom stereocenters. The number of nitrogens with one attached hydrogen (secondary N) is 2. The van der Waals surface area contributed by atoms with Crippen LogP contribution < -0.4 is 10.6 Å². The Balaban J connectivity index is 1.58. The standard InChI is InChI=1S/C55H82N2O30S2/c1-24(58)56-40-46(76-30(7)64)42(36(20-72-26(3)60)82-52(40)70-13)86-54-50(80-34(11)68)48(78-32(9)66)44(74-28(5)62)38(84-54)22-88-18-16-15-17-19-89-23-39-45(75-29(6)63)49(79-33(10)67)51(81-35(12)69)55(85-39)87-43-37(21-73-27(4)61)83-53(71-14)41(57-25(2)59)47(43)77-31(8)65/h36-55H,15-23H2,1-14H3,(H,56,58)(H,57,59)/t36-,37-,38-,39-,40-,41-,42+,43+,44+,45+,46-,47-,48+,49+,50-,51-,52-,53-,54+,55+/m1/s1. The molecule has 4 rings (SSSR count). The third-order valence-corrected chi connectivity index (χ3v) is 15.5. The molecule has 4 aliphatic rings. The Labute approximate surface area is 522 Å². The fourth-order valence-electron chi connectivity index (χ4n) is 10.1. The van der Waals surface area contributed by atoms with Gasteiger partial charge in [0.1, 0.15) is 61.9 Å². The zero-order valence-electron chi connectivity index (χ0n) is 52.0. The first-order valence-electron chi connectivity index (χ1n) is 28.3. The highest BCUT2D eigenvalue weighted by atomic mass is 32.2. The van der Waals surface area contributed by atoms with Crippen LogP contribution in [-0.2, 0) is 143 Å². The number of unbranched alkanes of at least 4 members (excludes halogenated alkanes) is 2. The van der Waals surface area contributed by atoms with Crippen LogP contribution in [0.2, 0.25) is 0 Å². The lowest BCUT2D eigenvalue weighted by Gasteiger charge is -2.49. The second kappa shape index (κ2) is 36.8. The van der Waals surface area contributed by atoms with Gasteiger partial charge in [-0.1, -0.05) is 6.42 Å². The van der Waals surface area contributed by atoms with Gasteiger partial charge in [-0.2, -0.15) is 23.5 Å². The SMILES string of the molecule is CO[C@@H]1O[C@H](COC(C)=O)[C@H](O[C@@H]2O[C@H](CSCCCCCSC[C@H]3O[C@@H](O[C@@H]4[C@H](OC(C)=O)[C@@H](NC(C)=O)[C@H](OC)O[C@@H]4COC(C)=O)[C@H](OC(C)=O)[C@@H](OC(C)=O)[C@H]3OC(C)=O)[C@H](OC(C)=O)[C@H](OC(C)=O)[C@H]2OC(C)=O)[C@H](OC(C)=O)[C@H]1NC(C)=O. The van der Waals surface area contributed by atoms with Crippen molar-refractivity contribution in [1.29, 1.82) is 0 Å². The van der Waals surface area contributed by atoms with Crippen molar-refractivity contribution in [2.75, 3.05) is 50.4 Å². The molecule has 0 aromatic heterocycles. The van der Waals surface area contributed by atoms with Crippen LogP contribution in [0.25, 0.3) is 0 Å². The molecule has 0 aromatic rings. The van der Waals surface area contributed by atoms with Crippen LogP contribution in [0.3, 0.4) is 0 Å². The van der Waals surface area contributed by atoms with Crippen LogP contribution in [0.1, 0.15) is 102 Å². The summed E-state index contributed by atoms with van der Waals surface area (Å²) in [6.07, 6.45) is -24.4. The molecule has 0 saturated carbocycles. The van der Waals surface area contributed by atoms with Gasteiger partial charge in [-0.25, -0.2) is 0 Å². The summed E-state index contributed by atoms with van der Waals surface area (Å²) in [5.74, 6) is -8.46. The zero-order valence-corrected chi connectivity index (χ0v) is 53.6. The molecule has 0 aliphatic carbocycles. The Morgan fingerprint density at radius 2 is 0.607 bits per heavy atom. The molecule has 0 spiro atoms. The Kier molecular flexibility index (Phi) is 31.2. The minimum Gasteiger partial charge on any atom is -0.463 e. The lowest BCUT2D eigenvalue weighted by Crippen LogP contribution is -2.69. The maximum Gasteiger partial charge on any atom is 0.303 e. The highest BCUT2D eigenvalue weighted by Crippen LogP contribution is 2.38. The van der Waals surface area contributed by atoms with Crippen molar-refractivity contribution in [2.45, 2.75) is 225 Å². The predicted octanol–water partition coefficient (Wildman–Crippen LogP) is 0.175. The minimum atomic E-state index is -1.72. The van der Waals surface area contributed by atoms with Gasteiger partial charge in [0.2, 0.25) is 11.8 Å². The number of hydrogen-bond acceptors (Lipinski definition) is 32. The first kappa shape index (κ1) is 75.5. The van der Waals surface area contributed by atoms with E-state index in [0.717, 1.165) is 69.2 Å². The number of hydrogen-bond donors (Lipinski definition) is 2. The van der Waals surface area contributed by atoms with E-state index in [9.17, 15) is 57.5 Å². The average Bonchev–Trinajstić information content (AvgIpc) is 0.844. The first-order chi connectivity index (χ1) is 41.9. The number of carbonyl (C=O) groups excluding carboxylic acids is 12. The van der Waals surface area contributed by atoms with E-state index in [2.05, 4.69) is 10.6 Å². The summed E-state index contributed by atoms with van der Waals surface area (Å²) in [6.45, 7) is 12.3. The van der Waals surface area contributed by atoms with Gasteiger partial charge in [-0.15, -0.1) is 0 Å². The molecule has 4 heterocycles. The summed E-state index contributed by atoms with van der Waals surface area (Å²) in [4.78, 5) is 151. The molecule has 32 nitrogen and oxygen atoms in total. The zero-order chi connectivity index (χ0) is 66.4. The number of thioether (sulfide) groups is 2. The van der Waals surface area contributed by atoms with Crippen molar-refractivity contribution in [3.8, 4) is 0 Å². The predicted molar refractivity (Wildman–Crippen MR) is 300 cm³/mol. The van der Waals surface area contributed by atoms with E-state index in [0.29, 0.717) is 30.8 Å². The van der Waals surface area contributed by atoms with Crippen molar-refractivity contribution in [1.82, 2.24) is 10.6 Å². The van der Waals surface area contributed by atoms with Gasteiger partial charge in [0.05, 0.1) is 0 Å². The lowest BCUT2D eigenvalue weighted by atomic mass is 9.95. The second-order valence-electron chi connectivity index (χ2n) is 20.7. The Morgan fingerprint density at radius 1 is 0.326 bits per heavy atom. The maximum atomic E-state index is 12.8. The van der Waals surface area contributed by atoms with Crippen LogP contribution >= 0.6 is 23.5 Å². The Hall–Kier alpha value is -5.98. The van der Waals surface area contributed by atoms with Gasteiger partial charge in [0.15, 0.2) is 74.0 Å². The highest BCUT2D eigenvalue weighted by Gasteiger charge is 2.59. The molecule has 504 valence electrons. The first-order valence-corrected chi connectivity index (χ1v) is 30.6. The molecule has 89 heavy (non-hydrogen) atoms. The fraction of sp³-hybridized carbons (Fsp3) is 0.782. The molecular formula is C55H82N2O30S2. The average molecular weight is 1320 g/mol. The lowest BCUT2D eigenvalue weighted by molar-refractivity contribution is -0.344. The van der Waals surface area contributed by atoms with Gasteiger partial charge >= 0.3 is 59.7 Å². The van der Waals surface area contributed by atoms with Crippen molar-refractivity contribution < 1.29 is 143 Å². The molecule has 2 N–H and O–H groups in total. The normalized spacial score (nSPS) is 31.6. The molecule has 20 atom stereocenters. The quantitative estimate of drug-likeness (QED) is 0.0550. The number of rotatable bonds is 30. The third kappa shape index (κ3) is 24.0. The summed E-state index contributed by atoms with van der Waals surface area (Å²) in [5, 5.41) is 5.26. The van der Waals surface area contributed by atoms with Gasteiger partial charge in [0.25, 0.3) is 0 Å². The number of amides is 2. The molecule has 4 aliphatic heterocycles. The molecule has 34 heteroatoms. The number of ether oxygens (including phenoxy) is 18. The number of esters is 10. The van der Waals surface area contributed by atoms with Gasteiger partial charge in [-0.3, -0.25) is 57.5 Å². The van der Waals surface area contributed by atoms with E-state index < -0.39 is 207 Å². The van der Waals surface area contributed by atoms with Gasteiger partial charge < -0.3 is 95.9 Å². The molecule has 4 fully saturated rings. The molecular weight excluding hydrogens is 1230 g/mol. The molecule has 2 amide bonds. The Morgan fingerprint density at radius 3 is 0.888 bits per heavy atom. The molecule has 4 saturated heterocycles. The molecule has 0 bridgehead atoms. The van der Waals surface area contributed by atoms with Crippen molar-refractivity contribution in [2.24, 2.45) is 0 Å². The molecule has 0 aromatic carbocycles. The van der Waals surface area contributed by atoms with E-state index >= 15 is 0 Å². The second-order valence-corrected chi connectivity index (χ2v) is 23.0. The summed E-state index contributed by atoms with van der Waals surface area (Å²) in [5.41, 5.74) is 0. The monoisotopic (exact) mass is 1310 g/mol. The molecule has 0 radical (unpaired) electrons. The maximum absolute atomic E-state index is 12.8. The summed E-state index contributed by atoms with van der Waals surface area (Å²) >= 11 is 2.69. The smallest absolute Gasteiger partial charge is 0.303 e. The van der Waals surface area contributed by atoms with Gasteiger partial charge in [0, 0.05) is 109 Å². The van der Waals surface area contributed by atoms with Crippen LogP contribution in [0.15, 0.2) is 0 Å². The van der Waals surface area contributed by atoms with E-state index in [1.165, 1.54) is 51.6 Å². The third-order valence-electron chi connectivity index (χ3n) is 13.2. The van der Waals surface area contributed by atoms with Crippen molar-refractivity contribution in [3.05, 3.63) is 0 Å². The van der Waals surface area contributed by atoms with Crippen molar-refractivity contribution >= 4 is 95.0 Å². The summed E-state index contributed by atoms with van der Waals surface area (Å²) < 4.78 is 105. The van der Waals surface area contributed by atoms with E-state index in [1.54, 1.807) is 0 Å². The Bertz CT molecular complexity index is 2290. The van der Waals surface area contributed by atoms with Crippen LogP contribution in [0.4, 0.5) is 0 Å². The van der Waals surface area contributed by atoms with E-state index in [-0.39, 0.29) is 11.5 Å². The van der Waals surface area contributed by atoms with E-state index in [1.807, 2.05) is 0 Å². The van der Waals surface area contributed by atoms with Crippen LogP contribution in [0, 0.1) is 0 Å². The van der Waals surface area contributed by atoms with Crippen LogP contribution in [0.5, 0.6) is 0 Å². The topological polar surface area (TPSA) is 395 Å². The van der Waals surface area contributed by atoms with Crippen molar-refractivity contribution in [3.63, 3.8) is 0 Å². The number of carbonyl (C=O) groups is 12. The minimum absolute atomic E-state index is 0.0421. The van der Waals surface area contributed by atoms with Crippen LogP contribution in [-0.4, -0.2) is 245 Å². The van der Waals surface area contributed by atoms with Gasteiger partial charge in [-0.05, 0) is 24.3 Å². The van der Waals surface area contributed by atoms with E-state index in [4.69, 9.17) is 85.3 Å².